The zero-order valence-electron chi connectivity index (χ0n) is 11.2. The predicted octanol–water partition coefficient (Wildman–Crippen LogP) is 1.12. The highest BCUT2D eigenvalue weighted by molar-refractivity contribution is 7.99. The van der Waals surface area contributed by atoms with Crippen LogP contribution in [0.25, 0.3) is 0 Å². The van der Waals surface area contributed by atoms with Gasteiger partial charge in [0, 0.05) is 6.42 Å². The summed E-state index contributed by atoms with van der Waals surface area (Å²) in [5, 5.41) is 12.8. The number of carbonyl (C=O) groups excluding carboxylic acids is 1. The quantitative estimate of drug-likeness (QED) is 0.824. The van der Waals surface area contributed by atoms with Crippen LogP contribution in [0, 0.1) is 0 Å². The Morgan fingerprint density at radius 2 is 2.19 bits per heavy atom. The molecule has 0 fully saturated rings. The van der Waals surface area contributed by atoms with Gasteiger partial charge in [0.1, 0.15) is 0 Å². The summed E-state index contributed by atoms with van der Waals surface area (Å²) in [6, 6.07) is 9.88. The Bertz CT molecular complexity index is 668. The summed E-state index contributed by atoms with van der Waals surface area (Å²) in [7, 11) is 0. The van der Waals surface area contributed by atoms with E-state index in [-0.39, 0.29) is 17.6 Å². The van der Waals surface area contributed by atoms with Crippen LogP contribution in [-0.4, -0.2) is 44.1 Å². The number of carbonyl (C=O) groups is 1. The van der Waals surface area contributed by atoms with Crippen molar-refractivity contribution < 1.29 is 4.79 Å². The molecule has 0 saturated carbocycles. The lowest BCUT2D eigenvalue weighted by Crippen LogP contribution is -2.25. The van der Waals surface area contributed by atoms with Gasteiger partial charge in [-0.15, -0.1) is 5.10 Å². The third-order valence-electron chi connectivity index (χ3n) is 3.00. The van der Waals surface area contributed by atoms with Crippen LogP contribution in [0.1, 0.15) is 12.0 Å². The van der Waals surface area contributed by atoms with Gasteiger partial charge in [0.05, 0.1) is 18.0 Å². The molecule has 1 aliphatic rings. The van der Waals surface area contributed by atoms with E-state index in [1.165, 1.54) is 16.8 Å². The normalized spacial score (nSPS) is 14.3. The second-order valence-electron chi connectivity index (χ2n) is 4.47. The van der Waals surface area contributed by atoms with Gasteiger partial charge in [0.25, 0.3) is 5.91 Å². The van der Waals surface area contributed by atoms with E-state index in [4.69, 9.17) is 5.73 Å². The van der Waals surface area contributed by atoms with Crippen LogP contribution in [0.5, 0.6) is 0 Å². The lowest BCUT2D eigenvalue weighted by Gasteiger charge is -2.09. The molecule has 0 aliphatic carbocycles. The van der Waals surface area contributed by atoms with Crippen molar-refractivity contribution in [2.24, 2.45) is 5.10 Å². The first-order valence-corrected chi connectivity index (χ1v) is 7.45. The van der Waals surface area contributed by atoms with Gasteiger partial charge in [-0.2, -0.15) is 10.1 Å². The first-order chi connectivity index (χ1) is 10.2. The zero-order valence-corrected chi connectivity index (χ0v) is 12.0. The molecule has 1 aromatic heterocycles. The summed E-state index contributed by atoms with van der Waals surface area (Å²) < 4.78 is 0. The van der Waals surface area contributed by atoms with Gasteiger partial charge in [-0.1, -0.05) is 42.1 Å². The molecule has 0 saturated heterocycles. The van der Waals surface area contributed by atoms with Gasteiger partial charge in [-0.05, 0) is 5.56 Å². The van der Waals surface area contributed by atoms with E-state index in [9.17, 15) is 4.79 Å². The number of nitrogens with two attached hydrogens (primary N) is 1. The lowest BCUT2D eigenvalue weighted by atomic mass is 10.1. The highest BCUT2D eigenvalue weighted by Gasteiger charge is 2.21. The number of anilines is 1. The van der Waals surface area contributed by atoms with Gasteiger partial charge in [-0.25, -0.2) is 10.1 Å². The largest absolute Gasteiger partial charge is 0.368 e. The summed E-state index contributed by atoms with van der Waals surface area (Å²) in [6.07, 6.45) is 0.772. The smallest absolute Gasteiger partial charge is 0.253 e. The van der Waals surface area contributed by atoms with Crippen LogP contribution in [-0.2, 0) is 4.79 Å². The van der Waals surface area contributed by atoms with Crippen LogP contribution in [0.3, 0.4) is 0 Å². The fraction of sp³-hybridized carbons (Fsp3) is 0.231. The van der Waals surface area contributed by atoms with Crippen molar-refractivity contribution in [1.29, 1.82) is 0 Å². The van der Waals surface area contributed by atoms with Crippen molar-refractivity contribution in [3.05, 3.63) is 35.9 Å². The molecule has 0 bridgehead atoms. The molecule has 2 heterocycles. The van der Waals surface area contributed by atoms with Gasteiger partial charge in [0.2, 0.25) is 11.1 Å². The maximum atomic E-state index is 12.1. The van der Waals surface area contributed by atoms with Crippen LogP contribution in [0.15, 0.2) is 40.6 Å². The van der Waals surface area contributed by atoms with Gasteiger partial charge in [-0.3, -0.25) is 4.79 Å². The van der Waals surface area contributed by atoms with Crippen LogP contribution < -0.4 is 5.73 Å². The highest BCUT2D eigenvalue weighted by atomic mass is 32.2. The van der Waals surface area contributed by atoms with Crippen LogP contribution in [0.2, 0.25) is 0 Å². The maximum absolute atomic E-state index is 12.1. The number of amides is 1. The van der Waals surface area contributed by atoms with E-state index in [0.29, 0.717) is 11.7 Å². The highest BCUT2D eigenvalue weighted by Crippen LogP contribution is 2.17. The monoisotopic (exact) mass is 302 g/mol. The van der Waals surface area contributed by atoms with Gasteiger partial charge >= 0.3 is 0 Å². The Balaban J connectivity index is 1.60. The van der Waals surface area contributed by atoms with Gasteiger partial charge < -0.3 is 5.73 Å². The van der Waals surface area contributed by atoms with Crippen LogP contribution in [0.4, 0.5) is 5.95 Å². The minimum Gasteiger partial charge on any atom is -0.368 e. The number of aromatic amines is 1. The third kappa shape index (κ3) is 3.22. The van der Waals surface area contributed by atoms with Crippen molar-refractivity contribution in [1.82, 2.24) is 20.2 Å². The van der Waals surface area contributed by atoms with E-state index in [2.05, 4.69) is 20.3 Å². The summed E-state index contributed by atoms with van der Waals surface area (Å²) in [6.45, 7) is 0.611. The Labute approximate surface area is 125 Å². The number of H-pyrrole nitrogens is 1. The second-order valence-corrected chi connectivity index (χ2v) is 5.41. The molecule has 0 radical (unpaired) electrons. The Morgan fingerprint density at radius 3 is 2.90 bits per heavy atom. The first-order valence-electron chi connectivity index (χ1n) is 6.46. The van der Waals surface area contributed by atoms with Crippen LogP contribution >= 0.6 is 11.8 Å². The molecule has 0 spiro atoms. The third-order valence-corrected chi connectivity index (χ3v) is 3.84. The lowest BCUT2D eigenvalue weighted by molar-refractivity contribution is -0.127. The summed E-state index contributed by atoms with van der Waals surface area (Å²) in [5.74, 6) is 0.424. The van der Waals surface area contributed by atoms with E-state index in [1.54, 1.807) is 0 Å². The molecule has 3 N–H and O–H groups in total. The number of hydrogen-bond acceptors (Lipinski definition) is 6. The van der Waals surface area contributed by atoms with Gasteiger partial charge in [0.15, 0.2) is 0 Å². The van der Waals surface area contributed by atoms with Crippen molar-refractivity contribution in [2.45, 2.75) is 11.6 Å². The second kappa shape index (κ2) is 5.96. The number of thioether (sulfide) groups is 1. The number of nitrogen functional groups attached to an aromatic ring is 1. The molecule has 108 valence electrons. The molecular formula is C13H14N6OS. The number of hydrazone groups is 1. The first kappa shape index (κ1) is 13.6. The van der Waals surface area contributed by atoms with E-state index >= 15 is 0 Å². The number of aromatic nitrogens is 3. The SMILES string of the molecule is Nc1nc(SCC(=O)N2CCC(c3ccccc3)=N2)n[nH]1. The fourth-order valence-electron chi connectivity index (χ4n) is 1.99. The molecule has 1 aromatic carbocycles. The summed E-state index contributed by atoms with van der Waals surface area (Å²) in [4.78, 5) is 16.0. The van der Waals surface area contributed by atoms with E-state index in [1.807, 2.05) is 30.3 Å². The summed E-state index contributed by atoms with van der Waals surface area (Å²) >= 11 is 1.24. The average Bonchev–Trinajstić information content (AvgIpc) is 3.15. The van der Waals surface area contributed by atoms with Crippen molar-refractivity contribution in [3.63, 3.8) is 0 Å². The minimum absolute atomic E-state index is 0.0608. The minimum atomic E-state index is -0.0608. The molecule has 0 atom stereocenters. The average molecular weight is 302 g/mol. The molecule has 1 aliphatic heterocycles. The number of nitrogens with one attached hydrogen (secondary N) is 1. The Hall–Kier alpha value is -2.35. The number of hydrogen-bond donors (Lipinski definition) is 2. The van der Waals surface area contributed by atoms with E-state index in [0.717, 1.165) is 17.7 Å². The molecule has 1 amide bonds. The predicted molar refractivity (Wildman–Crippen MR) is 80.8 cm³/mol. The number of benzene rings is 1. The zero-order chi connectivity index (χ0) is 14.7. The molecule has 7 nitrogen and oxygen atoms in total. The Morgan fingerprint density at radius 1 is 1.38 bits per heavy atom. The Kier molecular flexibility index (Phi) is 3.87. The molecule has 2 aromatic rings. The molecule has 3 rings (SSSR count). The maximum Gasteiger partial charge on any atom is 0.253 e. The molecule has 21 heavy (non-hydrogen) atoms. The molecular weight excluding hydrogens is 288 g/mol. The number of nitrogens with zero attached hydrogens (tertiary/aromatic N) is 4. The topological polar surface area (TPSA) is 100 Å². The summed E-state index contributed by atoms with van der Waals surface area (Å²) in [5.41, 5.74) is 7.43. The number of rotatable bonds is 4. The van der Waals surface area contributed by atoms with E-state index < -0.39 is 0 Å². The van der Waals surface area contributed by atoms with Crippen molar-refractivity contribution in [3.8, 4) is 0 Å². The van der Waals surface area contributed by atoms with Crippen molar-refractivity contribution >= 4 is 29.3 Å². The molecule has 0 unspecified atom stereocenters. The standard InChI is InChI=1S/C13H14N6OS/c14-12-15-13(17-16-12)21-8-11(20)19-7-6-10(18-19)9-4-2-1-3-5-9/h1-5H,6-8H2,(H3,14,15,16,17). The fourth-order valence-corrected chi connectivity index (χ4v) is 2.67. The molecule has 8 heteroatoms. The van der Waals surface area contributed by atoms with Crippen molar-refractivity contribution in [2.75, 3.05) is 18.0 Å².